The summed E-state index contributed by atoms with van der Waals surface area (Å²) in [4.78, 5) is 27.0. The molecule has 2 aliphatic heterocycles. The number of sulfone groups is 1. The molecule has 0 radical (unpaired) electrons. The monoisotopic (exact) mass is 351 g/mol. The largest absolute Gasteiger partial charge is 0.292 e. The van der Waals surface area contributed by atoms with Crippen LogP contribution in [0.15, 0.2) is 36.6 Å². The van der Waals surface area contributed by atoms with Crippen molar-refractivity contribution in [2.24, 2.45) is 10.8 Å². The number of β-lactam (4-membered cyclic amide) rings is 1. The van der Waals surface area contributed by atoms with Gasteiger partial charge in [0.15, 0.2) is 21.0 Å². The highest BCUT2D eigenvalue weighted by Crippen LogP contribution is 2.53. The minimum absolute atomic E-state index is 0.200. The molecule has 5 nitrogen and oxygen atoms in total. The number of allylic oxidation sites excluding steroid dienone is 3. The molecule has 1 amide bonds. The van der Waals surface area contributed by atoms with Gasteiger partial charge >= 0.3 is 0 Å². The van der Waals surface area contributed by atoms with E-state index in [1.807, 2.05) is 0 Å². The van der Waals surface area contributed by atoms with Gasteiger partial charge < -0.3 is 0 Å². The van der Waals surface area contributed by atoms with Gasteiger partial charge in [0.1, 0.15) is 0 Å². The van der Waals surface area contributed by atoms with E-state index in [4.69, 9.17) is 0 Å². The molecule has 132 valence electrons. The summed E-state index contributed by atoms with van der Waals surface area (Å²) >= 11 is 0. The highest BCUT2D eigenvalue weighted by molar-refractivity contribution is 7.92. The van der Waals surface area contributed by atoms with Gasteiger partial charge in [-0.2, -0.15) is 0 Å². The number of fused-ring (bicyclic) bond motifs is 1. The number of ketones is 1. The summed E-state index contributed by atoms with van der Waals surface area (Å²) in [6, 6.07) is 0. The molecule has 0 spiro atoms. The van der Waals surface area contributed by atoms with Gasteiger partial charge in [-0.3, -0.25) is 14.5 Å². The number of hydrogen-bond acceptors (Lipinski definition) is 4. The van der Waals surface area contributed by atoms with E-state index in [1.54, 1.807) is 39.8 Å². The number of hydrogen-bond donors (Lipinski definition) is 0. The average molecular weight is 351 g/mol. The maximum absolute atomic E-state index is 13.0. The fraction of sp³-hybridized carbons (Fsp3) is 0.556. The van der Waals surface area contributed by atoms with Crippen molar-refractivity contribution in [1.82, 2.24) is 4.90 Å². The molecule has 24 heavy (non-hydrogen) atoms. The third-order valence-electron chi connectivity index (χ3n) is 4.67. The van der Waals surface area contributed by atoms with Gasteiger partial charge in [-0.1, -0.05) is 32.9 Å². The van der Waals surface area contributed by atoms with Crippen molar-refractivity contribution < 1.29 is 18.0 Å². The smallest absolute Gasteiger partial charge is 0.238 e. The standard InChI is InChI=1S/C18H25NO4S/c1-7-9-18(10-8-2)15(21)19-13(14(20)17(4,5)6)12(3)11-24(22,23)16(18)19/h7-8,16H,1-2,9-11H2,3-6H3/t16-/m0/s1. The number of carbonyl (C=O) groups is 2. The molecule has 1 fully saturated rings. The molecule has 2 aliphatic rings. The maximum atomic E-state index is 13.0. The van der Waals surface area contributed by atoms with Crippen molar-refractivity contribution >= 4 is 21.5 Å². The van der Waals surface area contributed by atoms with Gasteiger partial charge in [0.2, 0.25) is 5.91 Å². The minimum Gasteiger partial charge on any atom is -0.292 e. The lowest BCUT2D eigenvalue weighted by atomic mass is 9.71. The Hall–Kier alpha value is -1.69. The summed E-state index contributed by atoms with van der Waals surface area (Å²) in [6.07, 6.45) is 3.61. The lowest BCUT2D eigenvalue weighted by molar-refractivity contribution is -0.162. The Morgan fingerprint density at radius 3 is 2.21 bits per heavy atom. The van der Waals surface area contributed by atoms with Gasteiger partial charge in [-0.05, 0) is 25.3 Å². The summed E-state index contributed by atoms with van der Waals surface area (Å²) < 4.78 is 25.5. The molecular formula is C18H25NO4S. The van der Waals surface area contributed by atoms with E-state index in [0.717, 1.165) is 0 Å². The van der Waals surface area contributed by atoms with Crippen LogP contribution in [0.3, 0.4) is 0 Å². The summed E-state index contributed by atoms with van der Waals surface area (Å²) in [5.41, 5.74) is -1.11. The van der Waals surface area contributed by atoms with Gasteiger partial charge in [0, 0.05) is 5.41 Å². The van der Waals surface area contributed by atoms with E-state index in [9.17, 15) is 18.0 Å². The van der Waals surface area contributed by atoms with Crippen molar-refractivity contribution in [3.63, 3.8) is 0 Å². The Morgan fingerprint density at radius 2 is 1.79 bits per heavy atom. The van der Waals surface area contributed by atoms with Crippen molar-refractivity contribution in [3.05, 3.63) is 36.6 Å². The fourth-order valence-electron chi connectivity index (χ4n) is 3.64. The lowest BCUT2D eigenvalue weighted by Gasteiger charge is -2.57. The molecule has 0 aromatic carbocycles. The number of Topliss-reactive ketones (excluding diaryl/α,β-unsaturated/α-hetero) is 1. The molecule has 0 aromatic rings. The molecule has 6 heteroatoms. The van der Waals surface area contributed by atoms with Crippen LogP contribution in [-0.4, -0.2) is 36.1 Å². The van der Waals surface area contributed by atoms with Crippen molar-refractivity contribution in [3.8, 4) is 0 Å². The van der Waals surface area contributed by atoms with Gasteiger partial charge in [-0.25, -0.2) is 8.42 Å². The van der Waals surface area contributed by atoms with Gasteiger partial charge in [0.25, 0.3) is 0 Å². The lowest BCUT2D eigenvalue weighted by Crippen LogP contribution is -2.73. The zero-order chi connectivity index (χ0) is 18.5. The summed E-state index contributed by atoms with van der Waals surface area (Å²) in [5, 5.41) is -1.02. The van der Waals surface area contributed by atoms with Crippen LogP contribution < -0.4 is 0 Å². The van der Waals surface area contributed by atoms with Crippen LogP contribution in [0.1, 0.15) is 40.5 Å². The SMILES string of the molecule is C=CCC1(CC=C)C(=O)N2C(C(=O)C(C)(C)C)=C(C)CS(=O)(=O)[C@H]21. The predicted octanol–water partition coefficient (Wildman–Crippen LogP) is 2.61. The molecule has 0 aliphatic carbocycles. The number of carbonyl (C=O) groups excluding carboxylic acids is 2. The molecule has 0 unspecified atom stereocenters. The molecule has 2 heterocycles. The maximum Gasteiger partial charge on any atom is 0.238 e. The van der Waals surface area contributed by atoms with Crippen molar-refractivity contribution in [2.45, 2.75) is 45.9 Å². The van der Waals surface area contributed by atoms with Crippen LogP contribution in [0.2, 0.25) is 0 Å². The average Bonchev–Trinajstić information content (AvgIpc) is 2.43. The van der Waals surface area contributed by atoms with E-state index in [1.165, 1.54) is 4.90 Å². The Morgan fingerprint density at radius 1 is 1.29 bits per heavy atom. The second kappa shape index (κ2) is 5.69. The van der Waals surface area contributed by atoms with E-state index in [0.29, 0.717) is 5.57 Å². The molecule has 1 saturated heterocycles. The molecule has 0 bridgehead atoms. The molecule has 2 rings (SSSR count). The first-order valence-corrected chi connectivity index (χ1v) is 9.67. The zero-order valence-electron chi connectivity index (χ0n) is 14.8. The van der Waals surface area contributed by atoms with E-state index in [2.05, 4.69) is 13.2 Å². The summed E-state index contributed by atoms with van der Waals surface area (Å²) in [7, 11) is -3.57. The topological polar surface area (TPSA) is 71.5 Å². The summed E-state index contributed by atoms with van der Waals surface area (Å²) in [5.74, 6) is -0.740. The Kier molecular flexibility index (Phi) is 4.42. The second-order valence-electron chi connectivity index (χ2n) is 7.68. The Bertz CT molecular complexity index is 742. The van der Waals surface area contributed by atoms with Crippen LogP contribution >= 0.6 is 0 Å². The van der Waals surface area contributed by atoms with Crippen LogP contribution in [0.4, 0.5) is 0 Å². The highest BCUT2D eigenvalue weighted by Gasteiger charge is 2.67. The molecule has 1 atom stereocenters. The normalized spacial score (nSPS) is 24.9. The Labute approximate surface area is 144 Å². The second-order valence-corrected chi connectivity index (χ2v) is 9.75. The number of nitrogens with zero attached hydrogens (tertiary/aromatic N) is 1. The number of amides is 1. The van der Waals surface area contributed by atoms with Crippen molar-refractivity contribution in [1.29, 1.82) is 0 Å². The first kappa shape index (κ1) is 18.6. The van der Waals surface area contributed by atoms with Crippen LogP contribution in [0.25, 0.3) is 0 Å². The minimum atomic E-state index is -3.57. The molecule has 0 N–H and O–H groups in total. The first-order chi connectivity index (χ1) is 10.9. The molecular weight excluding hydrogens is 326 g/mol. The third kappa shape index (κ3) is 2.48. The van der Waals surface area contributed by atoms with Gasteiger partial charge in [0.05, 0.1) is 16.9 Å². The Balaban J connectivity index is 2.64. The van der Waals surface area contributed by atoms with E-state index in [-0.39, 0.29) is 36.0 Å². The number of rotatable bonds is 5. The molecule has 0 aromatic heterocycles. The van der Waals surface area contributed by atoms with Crippen LogP contribution in [-0.2, 0) is 19.4 Å². The fourth-order valence-corrected chi connectivity index (χ4v) is 6.05. The van der Waals surface area contributed by atoms with Crippen LogP contribution in [0.5, 0.6) is 0 Å². The van der Waals surface area contributed by atoms with Gasteiger partial charge in [-0.15, -0.1) is 13.2 Å². The summed E-state index contributed by atoms with van der Waals surface area (Å²) in [6.45, 7) is 14.2. The zero-order valence-corrected chi connectivity index (χ0v) is 15.6. The highest BCUT2D eigenvalue weighted by atomic mass is 32.2. The molecule has 0 saturated carbocycles. The van der Waals surface area contributed by atoms with Crippen LogP contribution in [0, 0.1) is 10.8 Å². The quantitative estimate of drug-likeness (QED) is 0.564. The first-order valence-electron chi connectivity index (χ1n) is 7.95. The predicted molar refractivity (Wildman–Crippen MR) is 93.6 cm³/mol. The third-order valence-corrected chi connectivity index (χ3v) is 6.85. The van der Waals surface area contributed by atoms with Crippen molar-refractivity contribution in [2.75, 3.05) is 5.75 Å². The van der Waals surface area contributed by atoms with E-state index < -0.39 is 26.0 Å². The van der Waals surface area contributed by atoms with E-state index >= 15 is 0 Å².